The highest BCUT2D eigenvalue weighted by Crippen LogP contribution is 2.31. The van der Waals surface area contributed by atoms with Crippen LogP contribution < -0.4 is 4.74 Å². The molecule has 1 unspecified atom stereocenters. The smallest absolute Gasteiger partial charge is 0.332 e. The predicted octanol–water partition coefficient (Wildman–Crippen LogP) is 1.44. The summed E-state index contributed by atoms with van der Waals surface area (Å²) in [5, 5.41) is 18.4. The van der Waals surface area contributed by atoms with Crippen LogP contribution >= 0.6 is 0 Å². The summed E-state index contributed by atoms with van der Waals surface area (Å²) in [5.41, 5.74) is 3.24. The number of aryl methyl sites for hydroxylation is 1. The van der Waals surface area contributed by atoms with Crippen LogP contribution in [0, 0.1) is 6.92 Å². The first-order valence-electron chi connectivity index (χ1n) is 7.25. The molecule has 1 aliphatic rings. The van der Waals surface area contributed by atoms with Gasteiger partial charge in [0.2, 0.25) is 5.78 Å². The topological polar surface area (TPSA) is 88.8 Å². The Morgan fingerprint density at radius 2 is 2.13 bits per heavy atom. The van der Waals surface area contributed by atoms with Gasteiger partial charge >= 0.3 is 5.97 Å². The number of ketones is 1. The molecule has 0 saturated heterocycles. The highest BCUT2D eigenvalue weighted by Gasteiger charge is 2.28. The Labute approximate surface area is 132 Å². The zero-order valence-corrected chi connectivity index (χ0v) is 12.9. The van der Waals surface area contributed by atoms with E-state index in [4.69, 9.17) is 9.84 Å². The summed E-state index contributed by atoms with van der Waals surface area (Å²) in [6.07, 6.45) is -1.56. The molecular weight excluding hydrogens is 298 g/mol. The maximum Gasteiger partial charge on any atom is 0.332 e. The van der Waals surface area contributed by atoms with Crippen molar-refractivity contribution in [3.05, 3.63) is 52.3 Å². The van der Waals surface area contributed by atoms with Gasteiger partial charge in [0.15, 0.2) is 6.10 Å². The van der Waals surface area contributed by atoms with Gasteiger partial charge < -0.3 is 19.5 Å². The number of carbonyl (C=O) groups is 2. The molecule has 6 heteroatoms. The number of carboxylic acids is 1. The van der Waals surface area contributed by atoms with Crippen LogP contribution in [0.5, 0.6) is 5.75 Å². The fourth-order valence-corrected chi connectivity index (χ4v) is 2.83. The molecule has 0 spiro atoms. The number of aliphatic carboxylic acids is 1. The summed E-state index contributed by atoms with van der Waals surface area (Å²) in [6, 6.07) is 7.14. The van der Waals surface area contributed by atoms with Crippen molar-refractivity contribution in [1.29, 1.82) is 0 Å². The van der Waals surface area contributed by atoms with Crippen LogP contribution in [0.15, 0.2) is 24.3 Å². The molecule has 1 aromatic heterocycles. The van der Waals surface area contributed by atoms with Crippen molar-refractivity contribution < 1.29 is 24.5 Å². The summed E-state index contributed by atoms with van der Waals surface area (Å²) in [4.78, 5) is 23.6. The number of benzene rings is 1. The van der Waals surface area contributed by atoms with Crippen LogP contribution in [-0.4, -0.2) is 32.6 Å². The second kappa shape index (κ2) is 5.55. The Morgan fingerprint density at radius 3 is 2.83 bits per heavy atom. The number of aliphatic hydroxyl groups is 1. The van der Waals surface area contributed by atoms with Crippen molar-refractivity contribution in [2.75, 3.05) is 0 Å². The summed E-state index contributed by atoms with van der Waals surface area (Å²) >= 11 is 0. The highest BCUT2D eigenvalue weighted by atomic mass is 16.5. The number of carbonyl (C=O) groups excluding carboxylic acids is 1. The molecule has 1 aromatic carbocycles. The Balaban J connectivity index is 2.03. The number of aromatic nitrogens is 1. The van der Waals surface area contributed by atoms with E-state index in [-0.39, 0.29) is 18.8 Å². The van der Waals surface area contributed by atoms with E-state index in [1.165, 1.54) is 0 Å². The van der Waals surface area contributed by atoms with Crippen LogP contribution in [0.3, 0.4) is 0 Å². The molecule has 23 heavy (non-hydrogen) atoms. The number of aliphatic hydroxyl groups excluding tert-OH is 1. The molecule has 1 atom stereocenters. The van der Waals surface area contributed by atoms with Crippen molar-refractivity contribution in [2.24, 2.45) is 7.05 Å². The summed E-state index contributed by atoms with van der Waals surface area (Å²) in [7, 11) is 1.69. The van der Waals surface area contributed by atoms with Crippen molar-refractivity contribution in [3.8, 4) is 5.75 Å². The molecule has 2 aromatic rings. The van der Waals surface area contributed by atoms with E-state index in [1.807, 2.05) is 19.1 Å². The molecule has 6 nitrogen and oxygen atoms in total. The largest absolute Gasteiger partial charge is 0.488 e. The van der Waals surface area contributed by atoms with E-state index >= 15 is 0 Å². The first-order valence-corrected chi connectivity index (χ1v) is 7.25. The van der Waals surface area contributed by atoms with Crippen LogP contribution in [0.25, 0.3) is 0 Å². The van der Waals surface area contributed by atoms with Crippen molar-refractivity contribution >= 4 is 11.8 Å². The molecule has 120 valence electrons. The molecule has 0 amide bonds. The van der Waals surface area contributed by atoms with Crippen molar-refractivity contribution in [1.82, 2.24) is 4.57 Å². The van der Waals surface area contributed by atoms with Crippen LogP contribution in [0.1, 0.15) is 32.9 Å². The maximum absolute atomic E-state index is 12.8. The number of carboxylic acid groups (broad SMARTS) is 1. The third-order valence-corrected chi connectivity index (χ3v) is 4.08. The lowest BCUT2D eigenvalue weighted by Crippen LogP contribution is -2.23. The minimum Gasteiger partial charge on any atom is -0.488 e. The number of hydrogen-bond donors (Lipinski definition) is 2. The maximum atomic E-state index is 12.8. The molecule has 2 heterocycles. The Bertz CT molecular complexity index is 806. The van der Waals surface area contributed by atoms with Gasteiger partial charge in [0.05, 0.1) is 11.3 Å². The fourth-order valence-electron chi connectivity index (χ4n) is 2.83. The lowest BCUT2D eigenvalue weighted by molar-refractivity contribution is -0.146. The first kappa shape index (κ1) is 15.3. The van der Waals surface area contributed by atoms with Crippen molar-refractivity contribution in [2.45, 2.75) is 26.1 Å². The quantitative estimate of drug-likeness (QED) is 0.895. The van der Waals surface area contributed by atoms with Gasteiger partial charge in [0, 0.05) is 24.7 Å². The molecule has 0 bridgehead atoms. The standard InChI is InChI=1S/C17H17NO5/c1-9-3-4-12-14(5-9)23-8-10-6-11(7-13(19)17(21)22)18(2)15(10)16(12)20/h3-6,13,19H,7-8H2,1-2H3,(H,21,22). The van der Waals surface area contributed by atoms with E-state index in [2.05, 4.69) is 0 Å². The SMILES string of the molecule is Cc1ccc2c(c1)OCc1cc(CC(O)C(=O)O)n(C)c1C2=O. The minimum absolute atomic E-state index is 0.0626. The van der Waals surface area contributed by atoms with Gasteiger partial charge in [-0.25, -0.2) is 4.79 Å². The van der Waals surface area contributed by atoms with E-state index in [1.54, 1.807) is 23.7 Å². The minimum atomic E-state index is -1.50. The molecule has 2 N–H and O–H groups in total. The van der Waals surface area contributed by atoms with Gasteiger partial charge in [-0.05, 0) is 30.7 Å². The summed E-state index contributed by atoms with van der Waals surface area (Å²) < 4.78 is 7.37. The number of hydrogen-bond acceptors (Lipinski definition) is 4. The molecule has 0 fully saturated rings. The van der Waals surface area contributed by atoms with Gasteiger partial charge in [0.25, 0.3) is 0 Å². The molecule has 3 rings (SSSR count). The van der Waals surface area contributed by atoms with E-state index < -0.39 is 12.1 Å². The number of fused-ring (bicyclic) bond motifs is 2. The van der Waals surface area contributed by atoms with Gasteiger partial charge in [-0.3, -0.25) is 4.79 Å². The zero-order chi connectivity index (χ0) is 16.7. The summed E-state index contributed by atoms with van der Waals surface area (Å²) in [6.45, 7) is 2.16. The fraction of sp³-hybridized carbons (Fsp3) is 0.294. The van der Waals surface area contributed by atoms with E-state index in [0.29, 0.717) is 28.3 Å². The van der Waals surface area contributed by atoms with Gasteiger partial charge in [-0.2, -0.15) is 0 Å². The lowest BCUT2D eigenvalue weighted by Gasteiger charge is -2.10. The number of nitrogens with zero attached hydrogens (tertiary/aromatic N) is 1. The van der Waals surface area contributed by atoms with E-state index in [9.17, 15) is 14.7 Å². The molecule has 0 aliphatic carbocycles. The zero-order valence-electron chi connectivity index (χ0n) is 12.9. The van der Waals surface area contributed by atoms with Crippen molar-refractivity contribution in [3.63, 3.8) is 0 Å². The number of rotatable bonds is 3. The molecule has 0 radical (unpaired) electrons. The number of ether oxygens (including phenoxy) is 1. The van der Waals surface area contributed by atoms with Gasteiger partial charge in [-0.15, -0.1) is 0 Å². The average molecular weight is 315 g/mol. The Morgan fingerprint density at radius 1 is 1.39 bits per heavy atom. The van der Waals surface area contributed by atoms with Crippen LogP contribution in [0.4, 0.5) is 0 Å². The van der Waals surface area contributed by atoms with Crippen LogP contribution in [-0.2, 0) is 24.9 Å². The molecular formula is C17H17NO5. The molecule has 0 saturated carbocycles. The lowest BCUT2D eigenvalue weighted by atomic mass is 10.0. The predicted molar refractivity (Wildman–Crippen MR) is 81.7 cm³/mol. The second-order valence-corrected chi connectivity index (χ2v) is 5.74. The molecule has 1 aliphatic heterocycles. The normalized spacial score (nSPS) is 14.5. The van der Waals surface area contributed by atoms with Gasteiger partial charge in [0.1, 0.15) is 12.4 Å². The Hall–Kier alpha value is -2.60. The summed E-state index contributed by atoms with van der Waals surface area (Å²) in [5.74, 6) is -0.894. The van der Waals surface area contributed by atoms with Crippen LogP contribution in [0.2, 0.25) is 0 Å². The Kier molecular flexibility index (Phi) is 3.69. The monoisotopic (exact) mass is 315 g/mol. The first-order chi connectivity index (χ1) is 10.9. The van der Waals surface area contributed by atoms with Gasteiger partial charge in [-0.1, -0.05) is 6.07 Å². The highest BCUT2D eigenvalue weighted by molar-refractivity contribution is 6.11. The average Bonchev–Trinajstić information content (AvgIpc) is 2.73. The third kappa shape index (κ3) is 2.61. The van der Waals surface area contributed by atoms with E-state index in [0.717, 1.165) is 5.56 Å². The second-order valence-electron chi connectivity index (χ2n) is 5.74. The third-order valence-electron chi connectivity index (χ3n) is 4.08.